The summed E-state index contributed by atoms with van der Waals surface area (Å²) in [7, 11) is 0. The monoisotopic (exact) mass is 212 g/mol. The Labute approximate surface area is 86.1 Å². The summed E-state index contributed by atoms with van der Waals surface area (Å²) in [4.78, 5) is 10.7. The zero-order chi connectivity index (χ0) is 11.3. The van der Waals surface area contributed by atoms with Gasteiger partial charge in [0.1, 0.15) is 11.8 Å². The van der Waals surface area contributed by atoms with Crippen molar-refractivity contribution < 1.29 is 20.2 Å². The maximum absolute atomic E-state index is 10.7. The van der Waals surface area contributed by atoms with Crippen molar-refractivity contribution in [3.63, 3.8) is 0 Å². The molecule has 15 heavy (non-hydrogen) atoms. The number of aromatic hydroxyl groups is 1. The van der Waals surface area contributed by atoms with Crippen LogP contribution in [0.4, 0.5) is 0 Å². The summed E-state index contributed by atoms with van der Waals surface area (Å²) >= 11 is 0. The molecule has 1 rings (SSSR count). The van der Waals surface area contributed by atoms with Crippen molar-refractivity contribution in [1.82, 2.24) is 11.0 Å². The summed E-state index contributed by atoms with van der Waals surface area (Å²) in [6.07, 6.45) is 0.198. The Balaban J connectivity index is 2.65. The summed E-state index contributed by atoms with van der Waals surface area (Å²) < 4.78 is 0. The molecule has 0 amide bonds. The Hall–Kier alpha value is -1.63. The first-order valence-electron chi connectivity index (χ1n) is 4.29. The number of phenols is 1. The first-order valence-corrected chi connectivity index (χ1v) is 4.29. The molecule has 0 saturated heterocycles. The number of hydrogen-bond acceptors (Lipinski definition) is 5. The molecule has 1 atom stereocenters. The van der Waals surface area contributed by atoms with Gasteiger partial charge in [-0.3, -0.25) is 4.79 Å². The molecule has 0 radical (unpaired) electrons. The van der Waals surface area contributed by atoms with Crippen molar-refractivity contribution in [2.45, 2.75) is 12.5 Å². The van der Waals surface area contributed by atoms with Crippen LogP contribution in [-0.4, -0.2) is 27.4 Å². The Bertz CT molecular complexity index is 325. The van der Waals surface area contributed by atoms with Gasteiger partial charge in [0.05, 0.1) is 0 Å². The van der Waals surface area contributed by atoms with Gasteiger partial charge in [-0.05, 0) is 24.1 Å². The maximum atomic E-state index is 10.7. The van der Waals surface area contributed by atoms with E-state index >= 15 is 0 Å². The van der Waals surface area contributed by atoms with Crippen LogP contribution in [0.15, 0.2) is 24.3 Å². The number of nitrogens with one attached hydrogen (secondary N) is 2. The standard InChI is InChI=1S/C9H12N2O4/c12-7-3-1-6(2-4-7)5-8(9(13)14)10-11-15/h1-4,8,10-12,15H,5H2,(H,13,14). The number of rotatable bonds is 5. The Morgan fingerprint density at radius 2 is 1.93 bits per heavy atom. The van der Waals surface area contributed by atoms with E-state index < -0.39 is 12.0 Å². The third-order valence-corrected chi connectivity index (χ3v) is 1.91. The summed E-state index contributed by atoms with van der Waals surface area (Å²) in [6, 6.07) is 5.25. The molecule has 0 aromatic heterocycles. The fourth-order valence-corrected chi connectivity index (χ4v) is 1.15. The number of phenolic OH excluding ortho intramolecular Hbond substituents is 1. The first-order chi connectivity index (χ1) is 7.13. The van der Waals surface area contributed by atoms with E-state index in [4.69, 9.17) is 15.4 Å². The van der Waals surface area contributed by atoms with E-state index in [0.29, 0.717) is 0 Å². The minimum absolute atomic E-state index is 0.124. The van der Waals surface area contributed by atoms with Crippen LogP contribution in [0.3, 0.4) is 0 Å². The number of carbonyl (C=O) groups is 1. The summed E-state index contributed by atoms with van der Waals surface area (Å²) in [5.74, 6) is -0.955. The van der Waals surface area contributed by atoms with Gasteiger partial charge in [0, 0.05) is 0 Å². The lowest BCUT2D eigenvalue weighted by atomic mass is 10.1. The minimum atomic E-state index is -1.08. The smallest absolute Gasteiger partial charge is 0.322 e. The molecule has 1 aromatic carbocycles. The van der Waals surface area contributed by atoms with Gasteiger partial charge in [-0.15, -0.1) is 5.59 Å². The van der Waals surface area contributed by atoms with Crippen LogP contribution in [0.2, 0.25) is 0 Å². The summed E-state index contributed by atoms with van der Waals surface area (Å²) in [6.45, 7) is 0. The second kappa shape index (κ2) is 5.30. The summed E-state index contributed by atoms with van der Waals surface area (Å²) in [5.41, 5.74) is 4.53. The van der Waals surface area contributed by atoms with E-state index in [1.807, 2.05) is 0 Å². The van der Waals surface area contributed by atoms with Crippen molar-refractivity contribution in [3.8, 4) is 5.75 Å². The molecule has 0 spiro atoms. The van der Waals surface area contributed by atoms with Crippen LogP contribution >= 0.6 is 0 Å². The largest absolute Gasteiger partial charge is 0.508 e. The van der Waals surface area contributed by atoms with Crippen molar-refractivity contribution in [2.75, 3.05) is 0 Å². The number of hydrogen-bond donors (Lipinski definition) is 5. The number of aliphatic carboxylic acids is 1. The lowest BCUT2D eigenvalue weighted by Gasteiger charge is -2.12. The SMILES string of the molecule is O=C(O)C(Cc1ccc(O)cc1)NNO. The number of carboxylic acids is 1. The van der Waals surface area contributed by atoms with E-state index in [2.05, 4.69) is 5.43 Å². The zero-order valence-corrected chi connectivity index (χ0v) is 7.84. The Morgan fingerprint density at radius 1 is 1.33 bits per heavy atom. The van der Waals surface area contributed by atoms with Gasteiger partial charge in [0.25, 0.3) is 0 Å². The van der Waals surface area contributed by atoms with Gasteiger partial charge in [0.2, 0.25) is 0 Å². The highest BCUT2D eigenvalue weighted by Gasteiger charge is 2.16. The quantitative estimate of drug-likeness (QED) is 0.436. The van der Waals surface area contributed by atoms with E-state index in [1.165, 1.54) is 12.1 Å². The van der Waals surface area contributed by atoms with Gasteiger partial charge in [0.15, 0.2) is 0 Å². The van der Waals surface area contributed by atoms with Crippen molar-refractivity contribution in [1.29, 1.82) is 0 Å². The molecule has 0 aliphatic heterocycles. The second-order valence-electron chi connectivity index (χ2n) is 3.02. The molecule has 0 fully saturated rings. The second-order valence-corrected chi connectivity index (χ2v) is 3.02. The van der Waals surface area contributed by atoms with Gasteiger partial charge >= 0.3 is 5.97 Å². The molecule has 0 bridgehead atoms. The molecule has 0 aliphatic rings. The molecule has 0 aliphatic carbocycles. The fraction of sp³-hybridized carbons (Fsp3) is 0.222. The molecular formula is C9H12N2O4. The van der Waals surface area contributed by atoms with Crippen LogP contribution in [0, 0.1) is 0 Å². The van der Waals surface area contributed by atoms with E-state index in [9.17, 15) is 4.79 Å². The highest BCUT2D eigenvalue weighted by atomic mass is 16.5. The van der Waals surface area contributed by atoms with Crippen LogP contribution in [0.5, 0.6) is 5.75 Å². The molecule has 0 saturated carbocycles. The Kier molecular flexibility index (Phi) is 4.04. The van der Waals surface area contributed by atoms with Crippen LogP contribution in [0.1, 0.15) is 5.56 Å². The summed E-state index contributed by atoms with van der Waals surface area (Å²) in [5, 5.41) is 26.1. The van der Waals surface area contributed by atoms with Crippen LogP contribution < -0.4 is 11.0 Å². The maximum Gasteiger partial charge on any atom is 0.322 e. The first kappa shape index (κ1) is 11.4. The molecule has 0 heterocycles. The molecule has 5 N–H and O–H groups in total. The third-order valence-electron chi connectivity index (χ3n) is 1.91. The molecule has 1 aromatic rings. The van der Waals surface area contributed by atoms with E-state index in [1.54, 1.807) is 17.7 Å². The fourth-order valence-electron chi connectivity index (χ4n) is 1.15. The van der Waals surface area contributed by atoms with Crippen molar-refractivity contribution >= 4 is 5.97 Å². The normalized spacial score (nSPS) is 12.3. The highest BCUT2D eigenvalue weighted by molar-refractivity contribution is 5.73. The van der Waals surface area contributed by atoms with E-state index in [-0.39, 0.29) is 12.2 Å². The lowest BCUT2D eigenvalue weighted by molar-refractivity contribution is -0.140. The molecular weight excluding hydrogens is 200 g/mol. The highest BCUT2D eigenvalue weighted by Crippen LogP contribution is 2.11. The van der Waals surface area contributed by atoms with Crippen LogP contribution in [-0.2, 0) is 11.2 Å². The minimum Gasteiger partial charge on any atom is -0.508 e. The van der Waals surface area contributed by atoms with Gasteiger partial charge < -0.3 is 15.4 Å². The predicted octanol–water partition coefficient (Wildman–Crippen LogP) is -0.129. The zero-order valence-electron chi connectivity index (χ0n) is 7.84. The molecule has 6 nitrogen and oxygen atoms in total. The Morgan fingerprint density at radius 3 is 2.40 bits per heavy atom. The third kappa shape index (κ3) is 3.55. The average Bonchev–Trinajstić information content (AvgIpc) is 2.20. The molecule has 6 heteroatoms. The van der Waals surface area contributed by atoms with E-state index in [0.717, 1.165) is 5.56 Å². The number of hydrazine groups is 1. The van der Waals surface area contributed by atoms with Crippen molar-refractivity contribution in [3.05, 3.63) is 29.8 Å². The van der Waals surface area contributed by atoms with Gasteiger partial charge in [-0.2, -0.15) is 0 Å². The average molecular weight is 212 g/mol. The predicted molar refractivity (Wildman–Crippen MR) is 51.3 cm³/mol. The molecule has 1 unspecified atom stereocenters. The number of carboxylic acid groups (broad SMARTS) is 1. The topological polar surface area (TPSA) is 102 Å². The van der Waals surface area contributed by atoms with Crippen molar-refractivity contribution in [2.24, 2.45) is 0 Å². The van der Waals surface area contributed by atoms with Gasteiger partial charge in [-0.1, -0.05) is 12.1 Å². The van der Waals surface area contributed by atoms with Gasteiger partial charge in [-0.25, -0.2) is 5.43 Å². The number of benzene rings is 1. The lowest BCUT2D eigenvalue weighted by Crippen LogP contribution is -2.45. The van der Waals surface area contributed by atoms with Crippen LogP contribution in [0.25, 0.3) is 0 Å². The molecule has 82 valence electrons.